The molecule has 0 bridgehead atoms. The highest BCUT2D eigenvalue weighted by Gasteiger charge is 2.08. The Morgan fingerprint density at radius 2 is 1.95 bits per heavy atom. The van der Waals surface area contributed by atoms with Gasteiger partial charge in [-0.15, -0.1) is 0 Å². The lowest BCUT2D eigenvalue weighted by molar-refractivity contribution is -0.125. The van der Waals surface area contributed by atoms with Crippen molar-refractivity contribution in [3.8, 4) is 0 Å². The van der Waals surface area contributed by atoms with Crippen LogP contribution in [-0.4, -0.2) is 30.4 Å². The Morgan fingerprint density at radius 3 is 2.58 bits per heavy atom. The summed E-state index contributed by atoms with van der Waals surface area (Å²) in [5, 5.41) is 0. The Bertz CT molecular complexity index is 387. The normalized spacial score (nSPS) is 10.8. The molecule has 3 heteroatoms. The van der Waals surface area contributed by atoms with E-state index in [0.717, 1.165) is 31.4 Å². The summed E-state index contributed by atoms with van der Waals surface area (Å²) in [4.78, 5) is 13.9. The van der Waals surface area contributed by atoms with Crippen molar-refractivity contribution in [1.29, 1.82) is 0 Å². The number of nitrogens with two attached hydrogens (primary N) is 1. The number of benzene rings is 1. The lowest BCUT2D eigenvalue weighted by atomic mass is 10.2. The first kappa shape index (κ1) is 15.4. The smallest absolute Gasteiger partial charge is 0.246 e. The SMILES string of the molecule is CCCCCN(CCN)C(=O)C=Cc1ccccc1. The minimum atomic E-state index is 0.0467. The van der Waals surface area contributed by atoms with Gasteiger partial charge in [0.25, 0.3) is 0 Å². The molecule has 1 aromatic rings. The monoisotopic (exact) mass is 260 g/mol. The van der Waals surface area contributed by atoms with Gasteiger partial charge in [-0.2, -0.15) is 0 Å². The topological polar surface area (TPSA) is 46.3 Å². The molecule has 1 amide bonds. The minimum Gasteiger partial charge on any atom is -0.338 e. The molecule has 0 atom stereocenters. The fraction of sp³-hybridized carbons (Fsp3) is 0.438. The summed E-state index contributed by atoms with van der Waals surface area (Å²) in [5.74, 6) is 0.0467. The van der Waals surface area contributed by atoms with Gasteiger partial charge in [0, 0.05) is 25.7 Å². The van der Waals surface area contributed by atoms with Gasteiger partial charge in [-0.25, -0.2) is 0 Å². The van der Waals surface area contributed by atoms with E-state index in [0.29, 0.717) is 13.1 Å². The third-order valence-corrected chi connectivity index (χ3v) is 2.96. The Kier molecular flexibility index (Phi) is 7.59. The third-order valence-electron chi connectivity index (χ3n) is 2.96. The predicted molar refractivity (Wildman–Crippen MR) is 80.6 cm³/mol. The van der Waals surface area contributed by atoms with Crippen LogP contribution in [-0.2, 0) is 4.79 Å². The molecule has 19 heavy (non-hydrogen) atoms. The maximum Gasteiger partial charge on any atom is 0.246 e. The van der Waals surface area contributed by atoms with Crippen LogP contribution >= 0.6 is 0 Å². The van der Waals surface area contributed by atoms with Gasteiger partial charge in [0.05, 0.1) is 0 Å². The van der Waals surface area contributed by atoms with Crippen LogP contribution in [0.5, 0.6) is 0 Å². The molecule has 0 aromatic heterocycles. The molecule has 1 aromatic carbocycles. The maximum absolute atomic E-state index is 12.1. The second-order valence-corrected chi connectivity index (χ2v) is 4.57. The van der Waals surface area contributed by atoms with Crippen molar-refractivity contribution in [2.24, 2.45) is 5.73 Å². The van der Waals surface area contributed by atoms with Crippen molar-refractivity contribution in [2.75, 3.05) is 19.6 Å². The Morgan fingerprint density at radius 1 is 1.21 bits per heavy atom. The predicted octanol–water partition coefficient (Wildman–Crippen LogP) is 2.68. The molecular formula is C16H24N2O. The number of unbranched alkanes of at least 4 members (excludes halogenated alkanes) is 2. The van der Waals surface area contributed by atoms with Crippen molar-refractivity contribution < 1.29 is 4.79 Å². The molecule has 0 unspecified atom stereocenters. The van der Waals surface area contributed by atoms with E-state index in [9.17, 15) is 4.79 Å². The highest BCUT2D eigenvalue weighted by molar-refractivity contribution is 5.91. The molecule has 2 N–H and O–H groups in total. The van der Waals surface area contributed by atoms with Gasteiger partial charge in [-0.3, -0.25) is 4.79 Å². The highest BCUT2D eigenvalue weighted by atomic mass is 16.2. The number of hydrogen-bond donors (Lipinski definition) is 1. The number of carbonyl (C=O) groups is 1. The molecule has 0 aliphatic rings. The zero-order valence-corrected chi connectivity index (χ0v) is 11.7. The van der Waals surface area contributed by atoms with E-state index in [2.05, 4.69) is 6.92 Å². The van der Waals surface area contributed by atoms with Crippen LogP contribution in [0, 0.1) is 0 Å². The van der Waals surface area contributed by atoms with Gasteiger partial charge in [0.2, 0.25) is 5.91 Å². The Hall–Kier alpha value is -1.61. The first-order valence-corrected chi connectivity index (χ1v) is 7.00. The number of hydrogen-bond acceptors (Lipinski definition) is 2. The van der Waals surface area contributed by atoms with Gasteiger partial charge in [-0.1, -0.05) is 50.1 Å². The van der Waals surface area contributed by atoms with Gasteiger partial charge in [0.1, 0.15) is 0 Å². The average Bonchev–Trinajstić information content (AvgIpc) is 2.45. The molecule has 3 nitrogen and oxygen atoms in total. The average molecular weight is 260 g/mol. The molecule has 0 radical (unpaired) electrons. The van der Waals surface area contributed by atoms with Crippen LogP contribution in [0.15, 0.2) is 36.4 Å². The number of carbonyl (C=O) groups excluding carboxylic acids is 1. The third kappa shape index (κ3) is 6.20. The number of nitrogens with zero attached hydrogens (tertiary/aromatic N) is 1. The van der Waals surface area contributed by atoms with Crippen LogP contribution < -0.4 is 5.73 Å². The van der Waals surface area contributed by atoms with Crippen LogP contribution in [0.1, 0.15) is 31.7 Å². The second-order valence-electron chi connectivity index (χ2n) is 4.57. The Balaban J connectivity index is 2.53. The van der Waals surface area contributed by atoms with Gasteiger partial charge < -0.3 is 10.6 Å². The lowest BCUT2D eigenvalue weighted by Gasteiger charge is -2.20. The van der Waals surface area contributed by atoms with Crippen molar-refractivity contribution in [1.82, 2.24) is 4.90 Å². The molecule has 0 aliphatic carbocycles. The highest BCUT2D eigenvalue weighted by Crippen LogP contribution is 2.03. The minimum absolute atomic E-state index is 0.0467. The molecular weight excluding hydrogens is 236 g/mol. The summed E-state index contributed by atoms with van der Waals surface area (Å²) < 4.78 is 0. The van der Waals surface area contributed by atoms with Gasteiger partial charge in [0.15, 0.2) is 0 Å². The summed E-state index contributed by atoms with van der Waals surface area (Å²) in [6, 6.07) is 9.85. The molecule has 0 saturated carbocycles. The first-order chi connectivity index (χ1) is 9.27. The molecule has 0 heterocycles. The quantitative estimate of drug-likeness (QED) is 0.577. The zero-order valence-electron chi connectivity index (χ0n) is 11.7. The fourth-order valence-corrected chi connectivity index (χ4v) is 1.88. The van der Waals surface area contributed by atoms with E-state index in [-0.39, 0.29) is 5.91 Å². The summed E-state index contributed by atoms with van der Waals surface area (Å²) >= 11 is 0. The fourth-order valence-electron chi connectivity index (χ4n) is 1.88. The van der Waals surface area contributed by atoms with Crippen molar-refractivity contribution in [3.05, 3.63) is 42.0 Å². The van der Waals surface area contributed by atoms with Crippen LogP contribution in [0.3, 0.4) is 0 Å². The van der Waals surface area contributed by atoms with Crippen molar-refractivity contribution in [3.63, 3.8) is 0 Å². The molecule has 0 aliphatic heterocycles. The van der Waals surface area contributed by atoms with Crippen LogP contribution in [0.2, 0.25) is 0 Å². The Labute approximate surface area is 116 Å². The summed E-state index contributed by atoms with van der Waals surface area (Å²) in [6.07, 6.45) is 6.84. The molecule has 0 fully saturated rings. The van der Waals surface area contributed by atoms with Crippen molar-refractivity contribution >= 4 is 12.0 Å². The molecule has 0 spiro atoms. The summed E-state index contributed by atoms with van der Waals surface area (Å²) in [7, 11) is 0. The van der Waals surface area contributed by atoms with Crippen LogP contribution in [0.25, 0.3) is 6.08 Å². The second kappa shape index (κ2) is 9.34. The molecule has 1 rings (SSSR count). The van der Waals surface area contributed by atoms with E-state index in [1.807, 2.05) is 41.3 Å². The van der Waals surface area contributed by atoms with E-state index in [4.69, 9.17) is 5.73 Å². The number of amides is 1. The van der Waals surface area contributed by atoms with Crippen molar-refractivity contribution in [2.45, 2.75) is 26.2 Å². The number of rotatable bonds is 8. The van der Waals surface area contributed by atoms with Gasteiger partial charge in [-0.05, 0) is 18.1 Å². The van der Waals surface area contributed by atoms with Crippen LogP contribution in [0.4, 0.5) is 0 Å². The maximum atomic E-state index is 12.1. The molecule has 104 valence electrons. The molecule has 0 saturated heterocycles. The largest absolute Gasteiger partial charge is 0.338 e. The van der Waals surface area contributed by atoms with Gasteiger partial charge >= 0.3 is 0 Å². The van der Waals surface area contributed by atoms with E-state index < -0.39 is 0 Å². The first-order valence-electron chi connectivity index (χ1n) is 7.00. The van der Waals surface area contributed by atoms with E-state index >= 15 is 0 Å². The van der Waals surface area contributed by atoms with E-state index in [1.54, 1.807) is 6.08 Å². The standard InChI is InChI=1S/C16H24N2O/c1-2-3-7-13-18(14-12-17)16(19)11-10-15-8-5-4-6-9-15/h4-6,8-11H,2-3,7,12-14,17H2,1H3. The zero-order chi connectivity index (χ0) is 13.9. The summed E-state index contributed by atoms with van der Waals surface area (Å²) in [6.45, 7) is 4.09. The van der Waals surface area contributed by atoms with E-state index in [1.165, 1.54) is 0 Å². The summed E-state index contributed by atoms with van der Waals surface area (Å²) in [5.41, 5.74) is 6.60. The lowest BCUT2D eigenvalue weighted by Crippen LogP contribution is -2.35.